The van der Waals surface area contributed by atoms with Crippen molar-refractivity contribution in [2.24, 2.45) is 5.92 Å². The van der Waals surface area contributed by atoms with E-state index in [1.54, 1.807) is 18.2 Å². The molecule has 2 aromatic carbocycles. The number of hydrogen-bond acceptors (Lipinski definition) is 3. The molecule has 1 heterocycles. The highest BCUT2D eigenvalue weighted by molar-refractivity contribution is 7.93. The fourth-order valence-electron chi connectivity index (χ4n) is 3.27. The molecule has 0 unspecified atom stereocenters. The van der Waals surface area contributed by atoms with Crippen molar-refractivity contribution in [3.8, 4) is 0 Å². The third-order valence-electron chi connectivity index (χ3n) is 4.69. The highest BCUT2D eigenvalue weighted by Gasteiger charge is 2.37. The van der Waals surface area contributed by atoms with Gasteiger partial charge in [-0.3, -0.25) is 9.10 Å². The molecule has 1 saturated carbocycles. The lowest BCUT2D eigenvalue weighted by Crippen LogP contribution is -2.43. The number of nitrogens with zero attached hydrogens (tertiary/aromatic N) is 1. The van der Waals surface area contributed by atoms with Gasteiger partial charge in [0.25, 0.3) is 10.0 Å². The first kappa shape index (κ1) is 14.5. The van der Waals surface area contributed by atoms with Gasteiger partial charge in [-0.1, -0.05) is 24.3 Å². The summed E-state index contributed by atoms with van der Waals surface area (Å²) in [6, 6.07) is 10.8. The van der Waals surface area contributed by atoms with Crippen LogP contribution in [-0.2, 0) is 14.8 Å². The van der Waals surface area contributed by atoms with E-state index in [2.05, 4.69) is 5.32 Å². The SMILES string of the molecule is C[C@@H](NC(=O)CN1c2cccc3cccc(c23)S1(=O)=O)C1CC1. The van der Waals surface area contributed by atoms with Crippen molar-refractivity contribution >= 4 is 32.4 Å². The molecule has 0 aromatic heterocycles. The van der Waals surface area contributed by atoms with E-state index >= 15 is 0 Å². The van der Waals surface area contributed by atoms with Gasteiger partial charge in [-0.2, -0.15) is 0 Å². The van der Waals surface area contributed by atoms with Crippen LogP contribution in [0.15, 0.2) is 41.3 Å². The number of rotatable bonds is 4. The number of amides is 1. The summed E-state index contributed by atoms with van der Waals surface area (Å²) in [5.74, 6) is 0.285. The third kappa shape index (κ3) is 2.28. The molecular formula is C17H18N2O3S. The summed E-state index contributed by atoms with van der Waals surface area (Å²) in [6.45, 7) is 1.80. The van der Waals surface area contributed by atoms with Gasteiger partial charge < -0.3 is 5.32 Å². The van der Waals surface area contributed by atoms with Gasteiger partial charge >= 0.3 is 0 Å². The van der Waals surface area contributed by atoms with Crippen molar-refractivity contribution in [2.75, 3.05) is 10.8 Å². The average molecular weight is 330 g/mol. The second kappa shape index (κ2) is 4.96. The Morgan fingerprint density at radius 3 is 2.65 bits per heavy atom. The normalized spacial score (nSPS) is 19.8. The smallest absolute Gasteiger partial charge is 0.265 e. The summed E-state index contributed by atoms with van der Waals surface area (Å²) in [5.41, 5.74) is 0.590. The van der Waals surface area contributed by atoms with Gasteiger partial charge in [0.1, 0.15) is 6.54 Å². The standard InChI is InChI=1S/C17H18N2O3S/c1-11(12-8-9-12)18-16(20)10-19-14-6-2-4-13-5-3-7-15(17(13)14)23(19,21)22/h2-7,11-12H,8-10H2,1H3,(H,18,20)/t11-/m1/s1. The van der Waals surface area contributed by atoms with Crippen LogP contribution in [0.5, 0.6) is 0 Å². The number of nitrogens with one attached hydrogen (secondary N) is 1. The lowest BCUT2D eigenvalue weighted by molar-refractivity contribution is -0.120. The fourth-order valence-corrected chi connectivity index (χ4v) is 4.94. The van der Waals surface area contributed by atoms with Crippen LogP contribution < -0.4 is 9.62 Å². The molecule has 23 heavy (non-hydrogen) atoms. The van der Waals surface area contributed by atoms with Crippen molar-refractivity contribution in [1.29, 1.82) is 0 Å². The Morgan fingerprint density at radius 2 is 1.96 bits per heavy atom. The van der Waals surface area contributed by atoms with Gasteiger partial charge in [0.2, 0.25) is 5.91 Å². The zero-order valence-electron chi connectivity index (χ0n) is 12.8. The lowest BCUT2D eigenvalue weighted by Gasteiger charge is -2.20. The zero-order valence-corrected chi connectivity index (χ0v) is 13.6. The predicted octanol–water partition coefficient (Wildman–Crippen LogP) is 2.26. The molecule has 5 nitrogen and oxygen atoms in total. The molecule has 1 fully saturated rings. The van der Waals surface area contributed by atoms with Crippen LogP contribution in [0.1, 0.15) is 19.8 Å². The minimum atomic E-state index is -3.66. The zero-order chi connectivity index (χ0) is 16.2. The van der Waals surface area contributed by atoms with Crippen LogP contribution in [0, 0.1) is 5.92 Å². The van der Waals surface area contributed by atoms with Gasteiger partial charge in [-0.15, -0.1) is 0 Å². The highest BCUT2D eigenvalue weighted by atomic mass is 32.2. The second-order valence-corrected chi connectivity index (χ2v) is 8.17. The molecule has 0 radical (unpaired) electrons. The summed E-state index contributed by atoms with van der Waals surface area (Å²) in [6.07, 6.45) is 2.27. The van der Waals surface area contributed by atoms with E-state index in [-0.39, 0.29) is 23.4 Å². The van der Waals surface area contributed by atoms with Gasteiger partial charge in [0.15, 0.2) is 0 Å². The monoisotopic (exact) mass is 330 g/mol. The van der Waals surface area contributed by atoms with Crippen LogP contribution in [0.2, 0.25) is 0 Å². The van der Waals surface area contributed by atoms with Crippen molar-refractivity contribution in [1.82, 2.24) is 5.32 Å². The summed E-state index contributed by atoms with van der Waals surface area (Å²) in [4.78, 5) is 12.6. The average Bonchev–Trinajstić information content (AvgIpc) is 3.33. The van der Waals surface area contributed by atoms with Gasteiger partial charge in [0.05, 0.1) is 10.6 Å². The van der Waals surface area contributed by atoms with Crippen LogP contribution in [0.3, 0.4) is 0 Å². The second-order valence-electron chi connectivity index (χ2n) is 6.34. The largest absolute Gasteiger partial charge is 0.352 e. The van der Waals surface area contributed by atoms with E-state index in [1.807, 2.05) is 25.1 Å². The Labute approximate surface area is 135 Å². The Balaban J connectivity index is 1.67. The van der Waals surface area contributed by atoms with Gasteiger partial charge in [-0.05, 0) is 43.2 Å². The topological polar surface area (TPSA) is 66.5 Å². The van der Waals surface area contributed by atoms with E-state index in [1.165, 1.54) is 4.31 Å². The summed E-state index contributed by atoms with van der Waals surface area (Å²) < 4.78 is 26.8. The molecule has 1 amide bonds. The lowest BCUT2D eigenvalue weighted by atomic mass is 10.1. The predicted molar refractivity (Wildman–Crippen MR) is 88.8 cm³/mol. The van der Waals surface area contributed by atoms with Crippen LogP contribution >= 0.6 is 0 Å². The summed E-state index contributed by atoms with van der Waals surface area (Å²) in [5, 5.41) is 4.50. The van der Waals surface area contributed by atoms with Crippen molar-refractivity contribution in [3.63, 3.8) is 0 Å². The van der Waals surface area contributed by atoms with E-state index in [0.29, 0.717) is 17.0 Å². The summed E-state index contributed by atoms with van der Waals surface area (Å²) >= 11 is 0. The number of anilines is 1. The maximum absolute atomic E-state index is 12.8. The number of carbonyl (C=O) groups is 1. The number of sulfonamides is 1. The van der Waals surface area contributed by atoms with E-state index in [9.17, 15) is 13.2 Å². The third-order valence-corrected chi connectivity index (χ3v) is 6.49. The van der Waals surface area contributed by atoms with Gasteiger partial charge in [-0.25, -0.2) is 8.42 Å². The Bertz CT molecular complexity index is 898. The van der Waals surface area contributed by atoms with Crippen LogP contribution in [0.25, 0.3) is 10.8 Å². The number of hydrogen-bond donors (Lipinski definition) is 1. The molecule has 2 aromatic rings. The molecule has 1 aliphatic carbocycles. The molecule has 120 valence electrons. The highest BCUT2D eigenvalue weighted by Crippen LogP contribution is 2.41. The van der Waals surface area contributed by atoms with Gasteiger partial charge in [0, 0.05) is 11.4 Å². The van der Waals surface area contributed by atoms with E-state index in [4.69, 9.17) is 0 Å². The molecule has 0 saturated heterocycles. The first-order valence-electron chi connectivity index (χ1n) is 7.82. The van der Waals surface area contributed by atoms with Crippen molar-refractivity contribution in [2.45, 2.75) is 30.7 Å². The first-order chi connectivity index (χ1) is 11.0. The minimum absolute atomic E-state index is 0.103. The molecule has 0 bridgehead atoms. The first-order valence-corrected chi connectivity index (χ1v) is 9.26. The van der Waals surface area contributed by atoms with Crippen molar-refractivity contribution in [3.05, 3.63) is 36.4 Å². The number of benzene rings is 2. The molecule has 0 spiro atoms. The maximum atomic E-state index is 12.8. The quantitative estimate of drug-likeness (QED) is 0.935. The molecule has 6 heteroatoms. The number of carbonyl (C=O) groups excluding carboxylic acids is 1. The Morgan fingerprint density at radius 1 is 1.26 bits per heavy atom. The van der Waals surface area contributed by atoms with E-state index in [0.717, 1.165) is 18.2 Å². The van der Waals surface area contributed by atoms with Crippen LogP contribution in [-0.4, -0.2) is 26.9 Å². The van der Waals surface area contributed by atoms with E-state index < -0.39 is 10.0 Å². The minimum Gasteiger partial charge on any atom is -0.352 e. The Hall–Kier alpha value is -2.08. The van der Waals surface area contributed by atoms with Crippen LogP contribution in [0.4, 0.5) is 5.69 Å². The molecule has 1 N–H and O–H groups in total. The fraction of sp³-hybridized carbons (Fsp3) is 0.353. The molecule has 2 aliphatic rings. The molecule has 1 atom stereocenters. The molecular weight excluding hydrogens is 312 g/mol. The Kier molecular flexibility index (Phi) is 3.13. The molecule has 1 aliphatic heterocycles. The maximum Gasteiger partial charge on any atom is 0.265 e. The van der Waals surface area contributed by atoms with Crippen molar-refractivity contribution < 1.29 is 13.2 Å². The summed E-state index contributed by atoms with van der Waals surface area (Å²) in [7, 11) is -3.66. The molecule has 4 rings (SSSR count).